The molecule has 7 nitrogen and oxygen atoms in total. The van der Waals surface area contributed by atoms with Gasteiger partial charge < -0.3 is 24.3 Å². The Kier molecular flexibility index (Phi) is 9.94. The number of hydrogen-bond acceptors (Lipinski definition) is 6. The van der Waals surface area contributed by atoms with Gasteiger partial charge in [-0.2, -0.15) is 0 Å². The van der Waals surface area contributed by atoms with E-state index in [2.05, 4.69) is 10.2 Å². The zero-order chi connectivity index (χ0) is 23.6. The maximum Gasteiger partial charge on any atom is 0.220 e. The van der Waals surface area contributed by atoms with Crippen molar-refractivity contribution in [3.8, 4) is 17.2 Å². The SMILES string of the molecule is COc1ccc(C(CNC(=O)CCCOc2cccc(Cl)c2Cl)N2CCOCC2)cc1OC. The molecule has 3 rings (SSSR count). The summed E-state index contributed by atoms with van der Waals surface area (Å²) in [7, 11) is 3.23. The zero-order valence-corrected chi connectivity index (χ0v) is 20.5. The highest BCUT2D eigenvalue weighted by atomic mass is 35.5. The predicted molar refractivity (Wildman–Crippen MR) is 129 cm³/mol. The van der Waals surface area contributed by atoms with Gasteiger partial charge in [0, 0.05) is 26.1 Å². The Morgan fingerprint density at radius 3 is 2.58 bits per heavy atom. The number of morpholine rings is 1. The highest BCUT2D eigenvalue weighted by molar-refractivity contribution is 6.42. The first-order chi connectivity index (χ1) is 16.0. The molecule has 9 heteroatoms. The summed E-state index contributed by atoms with van der Waals surface area (Å²) in [6.07, 6.45) is 0.910. The van der Waals surface area contributed by atoms with Crippen molar-refractivity contribution in [2.24, 2.45) is 0 Å². The number of halogens is 2. The number of hydrogen-bond donors (Lipinski definition) is 1. The van der Waals surface area contributed by atoms with Gasteiger partial charge >= 0.3 is 0 Å². The maximum atomic E-state index is 12.5. The number of amides is 1. The van der Waals surface area contributed by atoms with Crippen LogP contribution in [0.1, 0.15) is 24.4 Å². The standard InChI is InChI=1S/C24H30Cl2N2O5/c1-30-20-9-8-17(15-22(20)31-2)19(28-10-13-32-14-11-28)16-27-23(29)7-4-12-33-21-6-3-5-18(25)24(21)26/h3,5-6,8-9,15,19H,4,7,10-14,16H2,1-2H3,(H,27,29). The summed E-state index contributed by atoms with van der Waals surface area (Å²) in [6, 6.07) is 11.1. The second kappa shape index (κ2) is 12.9. The summed E-state index contributed by atoms with van der Waals surface area (Å²) in [5, 5.41) is 3.89. The van der Waals surface area contributed by atoms with Gasteiger partial charge in [-0.15, -0.1) is 0 Å². The minimum atomic E-state index is -0.0328. The van der Waals surface area contributed by atoms with Crippen molar-refractivity contribution in [1.29, 1.82) is 0 Å². The van der Waals surface area contributed by atoms with Gasteiger partial charge in [0.1, 0.15) is 10.8 Å². The van der Waals surface area contributed by atoms with Crippen LogP contribution in [-0.4, -0.2) is 64.5 Å². The van der Waals surface area contributed by atoms with Crippen LogP contribution in [0.25, 0.3) is 0 Å². The van der Waals surface area contributed by atoms with E-state index in [1.807, 2.05) is 18.2 Å². The number of nitrogens with zero attached hydrogens (tertiary/aromatic N) is 1. The van der Waals surface area contributed by atoms with Crippen LogP contribution < -0.4 is 19.5 Å². The normalized spacial score (nSPS) is 15.0. The topological polar surface area (TPSA) is 69.3 Å². The smallest absolute Gasteiger partial charge is 0.220 e. The molecule has 180 valence electrons. The molecule has 2 aromatic carbocycles. The lowest BCUT2D eigenvalue weighted by Gasteiger charge is -2.35. The predicted octanol–water partition coefficient (Wildman–Crippen LogP) is 4.36. The van der Waals surface area contributed by atoms with E-state index in [0.717, 1.165) is 18.7 Å². The van der Waals surface area contributed by atoms with E-state index in [4.69, 9.17) is 42.1 Å². The quantitative estimate of drug-likeness (QED) is 0.466. The van der Waals surface area contributed by atoms with Crippen molar-refractivity contribution in [3.05, 3.63) is 52.0 Å². The van der Waals surface area contributed by atoms with Crippen LogP contribution in [0.4, 0.5) is 0 Å². The molecule has 1 aliphatic rings. The molecule has 1 unspecified atom stereocenters. The molecule has 2 aromatic rings. The van der Waals surface area contributed by atoms with Crippen LogP contribution in [0.15, 0.2) is 36.4 Å². The van der Waals surface area contributed by atoms with Crippen LogP contribution in [0.3, 0.4) is 0 Å². The second-order valence-corrected chi connectivity index (χ2v) is 8.37. The van der Waals surface area contributed by atoms with Crippen molar-refractivity contribution < 1.29 is 23.7 Å². The van der Waals surface area contributed by atoms with Gasteiger partial charge in [-0.3, -0.25) is 9.69 Å². The molecule has 33 heavy (non-hydrogen) atoms. The molecule has 0 radical (unpaired) electrons. The molecule has 1 aliphatic heterocycles. The number of benzene rings is 2. The van der Waals surface area contributed by atoms with Gasteiger partial charge in [-0.25, -0.2) is 0 Å². The molecule has 1 saturated heterocycles. The number of nitrogens with one attached hydrogen (secondary N) is 1. The lowest BCUT2D eigenvalue weighted by molar-refractivity contribution is -0.121. The van der Waals surface area contributed by atoms with Gasteiger partial charge in [0.25, 0.3) is 0 Å². The molecule has 1 amide bonds. The Morgan fingerprint density at radius 1 is 1.09 bits per heavy atom. The minimum absolute atomic E-state index is 0.000765. The summed E-state index contributed by atoms with van der Waals surface area (Å²) in [5.41, 5.74) is 1.05. The van der Waals surface area contributed by atoms with E-state index in [0.29, 0.717) is 66.5 Å². The fourth-order valence-electron chi connectivity index (χ4n) is 3.72. The third-order valence-corrected chi connectivity index (χ3v) is 6.29. The third kappa shape index (κ3) is 7.14. The van der Waals surface area contributed by atoms with Crippen LogP contribution in [-0.2, 0) is 9.53 Å². The largest absolute Gasteiger partial charge is 0.493 e. The van der Waals surface area contributed by atoms with Crippen molar-refractivity contribution >= 4 is 29.1 Å². The molecule has 1 N–H and O–H groups in total. The Bertz CT molecular complexity index is 922. The first kappa shape index (κ1) is 25.4. The molecule has 0 aliphatic carbocycles. The molecular weight excluding hydrogens is 467 g/mol. The molecule has 0 aromatic heterocycles. The van der Waals surface area contributed by atoms with Crippen LogP contribution in [0.2, 0.25) is 10.0 Å². The van der Waals surface area contributed by atoms with E-state index >= 15 is 0 Å². The Balaban J connectivity index is 1.55. The van der Waals surface area contributed by atoms with E-state index in [1.165, 1.54) is 0 Å². The molecule has 0 saturated carbocycles. The third-order valence-electron chi connectivity index (χ3n) is 5.49. The Hall–Kier alpha value is -2.19. The number of methoxy groups -OCH3 is 2. The highest BCUT2D eigenvalue weighted by Crippen LogP contribution is 2.33. The fourth-order valence-corrected chi connectivity index (χ4v) is 4.06. The van der Waals surface area contributed by atoms with E-state index in [9.17, 15) is 4.79 Å². The molecule has 0 bridgehead atoms. The average Bonchev–Trinajstić information content (AvgIpc) is 2.85. The summed E-state index contributed by atoms with van der Waals surface area (Å²) in [5.74, 6) is 1.82. The Morgan fingerprint density at radius 2 is 1.85 bits per heavy atom. The summed E-state index contributed by atoms with van der Waals surface area (Å²) < 4.78 is 22.0. The summed E-state index contributed by atoms with van der Waals surface area (Å²) in [4.78, 5) is 14.8. The molecule has 1 atom stereocenters. The first-order valence-electron chi connectivity index (χ1n) is 10.9. The van der Waals surface area contributed by atoms with Crippen LogP contribution in [0.5, 0.6) is 17.2 Å². The molecule has 1 fully saturated rings. The van der Waals surface area contributed by atoms with Gasteiger partial charge in [0.05, 0.1) is 45.1 Å². The number of carbonyl (C=O) groups excluding carboxylic acids is 1. The number of ether oxygens (including phenoxy) is 4. The zero-order valence-electron chi connectivity index (χ0n) is 18.9. The fraction of sp³-hybridized carbons (Fsp3) is 0.458. The lowest BCUT2D eigenvalue weighted by Crippen LogP contribution is -2.43. The van der Waals surface area contributed by atoms with E-state index in [-0.39, 0.29) is 11.9 Å². The minimum Gasteiger partial charge on any atom is -0.493 e. The van der Waals surface area contributed by atoms with Crippen LogP contribution in [0, 0.1) is 0 Å². The molecule has 1 heterocycles. The second-order valence-electron chi connectivity index (χ2n) is 7.59. The van der Waals surface area contributed by atoms with Crippen molar-refractivity contribution in [2.45, 2.75) is 18.9 Å². The highest BCUT2D eigenvalue weighted by Gasteiger charge is 2.24. The summed E-state index contributed by atoms with van der Waals surface area (Å²) >= 11 is 12.1. The Labute approximate surface area is 204 Å². The van der Waals surface area contributed by atoms with Crippen molar-refractivity contribution in [1.82, 2.24) is 10.2 Å². The van der Waals surface area contributed by atoms with Gasteiger partial charge in [-0.1, -0.05) is 35.3 Å². The van der Waals surface area contributed by atoms with Crippen molar-refractivity contribution in [2.75, 3.05) is 53.7 Å². The maximum absolute atomic E-state index is 12.5. The molecule has 0 spiro atoms. The molecular formula is C24H30Cl2N2O5. The van der Waals surface area contributed by atoms with E-state index in [1.54, 1.807) is 32.4 Å². The first-order valence-corrected chi connectivity index (χ1v) is 11.7. The van der Waals surface area contributed by atoms with Crippen molar-refractivity contribution in [3.63, 3.8) is 0 Å². The van der Waals surface area contributed by atoms with Gasteiger partial charge in [-0.05, 0) is 36.2 Å². The lowest BCUT2D eigenvalue weighted by atomic mass is 10.0. The van der Waals surface area contributed by atoms with Crippen LogP contribution >= 0.6 is 23.2 Å². The monoisotopic (exact) mass is 496 g/mol. The van der Waals surface area contributed by atoms with Gasteiger partial charge in [0.2, 0.25) is 5.91 Å². The number of carbonyl (C=O) groups is 1. The summed E-state index contributed by atoms with van der Waals surface area (Å²) in [6.45, 7) is 3.78. The average molecular weight is 497 g/mol. The van der Waals surface area contributed by atoms with E-state index < -0.39 is 0 Å². The van der Waals surface area contributed by atoms with Gasteiger partial charge in [0.15, 0.2) is 11.5 Å². The number of rotatable bonds is 11.